The van der Waals surface area contributed by atoms with Gasteiger partial charge < -0.3 is 10.2 Å². The molecule has 7 heteroatoms. The number of nitrogens with one attached hydrogen (secondary N) is 1. The van der Waals surface area contributed by atoms with Crippen LogP contribution in [0.2, 0.25) is 0 Å². The second kappa shape index (κ2) is 6.71. The molecule has 1 aliphatic heterocycles. The molecule has 1 atom stereocenters. The van der Waals surface area contributed by atoms with Gasteiger partial charge in [0, 0.05) is 26.3 Å². The second-order valence-corrected chi connectivity index (χ2v) is 5.75. The van der Waals surface area contributed by atoms with Gasteiger partial charge in [-0.3, -0.25) is 9.48 Å². The first kappa shape index (κ1) is 16.0. The molecule has 1 aliphatic rings. The molecular weight excluding hydrogens is 309 g/mol. The molecule has 1 fully saturated rings. The van der Waals surface area contributed by atoms with Gasteiger partial charge in [-0.15, -0.1) is 0 Å². The molecule has 2 heterocycles. The molecule has 6 nitrogen and oxygen atoms in total. The summed E-state index contributed by atoms with van der Waals surface area (Å²) >= 11 is 0. The maximum atomic E-state index is 13.8. The van der Waals surface area contributed by atoms with Crippen LogP contribution in [0.1, 0.15) is 34.9 Å². The first-order valence-corrected chi connectivity index (χ1v) is 7.85. The highest BCUT2D eigenvalue weighted by atomic mass is 19.1. The highest BCUT2D eigenvalue weighted by Crippen LogP contribution is 2.29. The molecule has 0 unspecified atom stereocenters. The van der Waals surface area contributed by atoms with Gasteiger partial charge in [0.05, 0.1) is 11.7 Å². The van der Waals surface area contributed by atoms with E-state index in [4.69, 9.17) is 0 Å². The molecule has 124 valence electrons. The molecule has 0 aliphatic carbocycles. The zero-order chi connectivity index (χ0) is 17.1. The number of amides is 1. The fraction of sp³-hybridized carbons (Fsp3) is 0.353. The molecule has 0 saturated carbocycles. The van der Waals surface area contributed by atoms with Crippen LogP contribution in [0.4, 0.5) is 10.1 Å². The summed E-state index contributed by atoms with van der Waals surface area (Å²) in [5.41, 5.74) is 1.06. The number of anilines is 1. The molecule has 1 saturated heterocycles. The smallest absolute Gasteiger partial charge is 0.271 e. The minimum atomic E-state index is -0.502. The lowest BCUT2D eigenvalue weighted by Gasteiger charge is -2.35. The summed E-state index contributed by atoms with van der Waals surface area (Å²) in [5.74, 6) is -0.726. The third kappa shape index (κ3) is 2.95. The van der Waals surface area contributed by atoms with Crippen molar-refractivity contribution in [1.82, 2.24) is 15.1 Å². The topological polar surface area (TPSA) is 74.0 Å². The maximum Gasteiger partial charge on any atom is 0.271 e. The van der Waals surface area contributed by atoms with Crippen molar-refractivity contribution in [2.24, 2.45) is 0 Å². The van der Waals surface area contributed by atoms with Crippen LogP contribution in [0.3, 0.4) is 0 Å². The van der Waals surface area contributed by atoms with Crippen molar-refractivity contribution in [3.8, 4) is 6.07 Å². The van der Waals surface area contributed by atoms with Gasteiger partial charge in [0.25, 0.3) is 5.91 Å². The summed E-state index contributed by atoms with van der Waals surface area (Å²) in [6.45, 7) is 1.38. The van der Waals surface area contributed by atoms with Crippen LogP contribution in [0.15, 0.2) is 30.5 Å². The molecule has 0 bridgehead atoms. The Bertz CT molecular complexity index is 795. The van der Waals surface area contributed by atoms with Crippen LogP contribution in [0.25, 0.3) is 0 Å². The summed E-state index contributed by atoms with van der Waals surface area (Å²) < 4.78 is 15.6. The number of carbonyl (C=O) groups is 1. The van der Waals surface area contributed by atoms with Crippen molar-refractivity contribution < 1.29 is 9.18 Å². The Hall–Kier alpha value is -2.88. The Kier molecular flexibility index (Phi) is 4.47. The van der Waals surface area contributed by atoms with Gasteiger partial charge in [0.1, 0.15) is 23.1 Å². The predicted molar refractivity (Wildman–Crippen MR) is 87.2 cm³/mol. The number of halogens is 1. The van der Waals surface area contributed by atoms with Gasteiger partial charge in [-0.25, -0.2) is 4.39 Å². The molecule has 3 rings (SSSR count). The van der Waals surface area contributed by atoms with E-state index in [0.717, 1.165) is 19.4 Å². The zero-order valence-corrected chi connectivity index (χ0v) is 13.4. The number of carbonyl (C=O) groups excluding carboxylic acids is 1. The molecule has 1 aromatic carbocycles. The molecule has 2 aromatic rings. The minimum Gasteiger partial charge on any atom is -0.368 e. The Morgan fingerprint density at radius 2 is 2.29 bits per heavy atom. The molecule has 24 heavy (non-hydrogen) atoms. The first-order chi connectivity index (χ1) is 11.6. The third-order valence-electron chi connectivity index (χ3n) is 4.28. The summed E-state index contributed by atoms with van der Waals surface area (Å²) in [5, 5.41) is 16.1. The van der Waals surface area contributed by atoms with Crippen LogP contribution >= 0.6 is 0 Å². The quantitative estimate of drug-likeness (QED) is 0.937. The van der Waals surface area contributed by atoms with E-state index in [2.05, 4.69) is 10.4 Å². The fourth-order valence-corrected chi connectivity index (χ4v) is 3.07. The number of piperidine rings is 1. The Labute approximate surface area is 139 Å². The van der Waals surface area contributed by atoms with E-state index < -0.39 is 5.82 Å². The lowest BCUT2D eigenvalue weighted by Crippen LogP contribution is -2.37. The van der Waals surface area contributed by atoms with Gasteiger partial charge in [-0.1, -0.05) is 6.07 Å². The zero-order valence-electron chi connectivity index (χ0n) is 13.4. The number of rotatable bonds is 3. The van der Waals surface area contributed by atoms with Gasteiger partial charge >= 0.3 is 0 Å². The molecule has 1 N–H and O–H groups in total. The van der Waals surface area contributed by atoms with Crippen LogP contribution in [-0.2, 0) is 0 Å². The molecular formula is C17H18FN5O. The van der Waals surface area contributed by atoms with Crippen LogP contribution in [0.5, 0.6) is 0 Å². The Morgan fingerprint density at radius 1 is 1.46 bits per heavy atom. The largest absolute Gasteiger partial charge is 0.368 e. The second-order valence-electron chi connectivity index (χ2n) is 5.75. The summed E-state index contributed by atoms with van der Waals surface area (Å²) in [6, 6.07) is 8.39. The van der Waals surface area contributed by atoms with Crippen LogP contribution in [0, 0.1) is 17.1 Å². The van der Waals surface area contributed by atoms with Crippen molar-refractivity contribution in [2.75, 3.05) is 25.0 Å². The Morgan fingerprint density at radius 3 is 3.04 bits per heavy atom. The molecule has 1 aromatic heterocycles. The van der Waals surface area contributed by atoms with Crippen molar-refractivity contribution in [2.45, 2.75) is 18.9 Å². The fourth-order valence-electron chi connectivity index (χ4n) is 3.07. The van der Waals surface area contributed by atoms with Crippen molar-refractivity contribution in [1.29, 1.82) is 5.26 Å². The van der Waals surface area contributed by atoms with Crippen molar-refractivity contribution in [3.63, 3.8) is 0 Å². The van der Waals surface area contributed by atoms with E-state index in [1.807, 2.05) is 11.0 Å². The highest BCUT2D eigenvalue weighted by molar-refractivity contribution is 5.91. The van der Waals surface area contributed by atoms with E-state index in [1.54, 1.807) is 36.1 Å². The molecule has 1 amide bonds. The number of hydrogen-bond acceptors (Lipinski definition) is 4. The summed E-state index contributed by atoms with van der Waals surface area (Å²) in [6.07, 6.45) is 3.61. The van der Waals surface area contributed by atoms with Gasteiger partial charge in [-0.05, 0) is 31.0 Å². The highest BCUT2D eigenvalue weighted by Gasteiger charge is 2.25. The lowest BCUT2D eigenvalue weighted by atomic mass is 10.0. The van der Waals surface area contributed by atoms with E-state index in [1.165, 1.54) is 6.07 Å². The molecule has 0 spiro atoms. The Balaban J connectivity index is 1.83. The SMILES string of the molecule is CNC(=O)c1ccn([C@H]2CCCN(c3cccc(F)c3C#N)C2)n1. The van der Waals surface area contributed by atoms with E-state index >= 15 is 0 Å². The monoisotopic (exact) mass is 327 g/mol. The maximum absolute atomic E-state index is 13.8. The number of nitrogens with zero attached hydrogens (tertiary/aromatic N) is 4. The third-order valence-corrected chi connectivity index (χ3v) is 4.28. The van der Waals surface area contributed by atoms with E-state index in [0.29, 0.717) is 17.9 Å². The normalized spacial score (nSPS) is 17.4. The van der Waals surface area contributed by atoms with Crippen LogP contribution in [-0.4, -0.2) is 35.8 Å². The number of aromatic nitrogens is 2. The average molecular weight is 327 g/mol. The lowest BCUT2D eigenvalue weighted by molar-refractivity contribution is 0.0957. The minimum absolute atomic E-state index is 0.0738. The van der Waals surface area contributed by atoms with E-state index in [-0.39, 0.29) is 17.5 Å². The van der Waals surface area contributed by atoms with Crippen molar-refractivity contribution >= 4 is 11.6 Å². The summed E-state index contributed by atoms with van der Waals surface area (Å²) in [7, 11) is 1.57. The van der Waals surface area contributed by atoms with Crippen LogP contribution < -0.4 is 10.2 Å². The van der Waals surface area contributed by atoms with Gasteiger partial charge in [-0.2, -0.15) is 10.4 Å². The number of hydrogen-bond donors (Lipinski definition) is 1. The average Bonchev–Trinajstić information content (AvgIpc) is 3.11. The van der Waals surface area contributed by atoms with Crippen molar-refractivity contribution in [3.05, 3.63) is 47.5 Å². The first-order valence-electron chi connectivity index (χ1n) is 7.85. The number of benzene rings is 1. The predicted octanol–water partition coefficient (Wildman–Crippen LogP) is 2.09. The number of nitriles is 1. The van der Waals surface area contributed by atoms with Gasteiger partial charge in [0.2, 0.25) is 0 Å². The standard InChI is InChI=1S/C17H18FN5O/c1-20-17(24)15-7-9-23(21-15)12-4-3-8-22(11-12)16-6-2-5-14(18)13(16)10-19/h2,5-7,9,12H,3-4,8,11H2,1H3,(H,20,24)/t12-/m0/s1. The summed E-state index contributed by atoms with van der Waals surface area (Å²) in [4.78, 5) is 13.7. The van der Waals surface area contributed by atoms with Gasteiger partial charge in [0.15, 0.2) is 0 Å². The molecule has 0 radical (unpaired) electrons. The van der Waals surface area contributed by atoms with E-state index in [9.17, 15) is 14.4 Å².